The Bertz CT molecular complexity index is 1370. The van der Waals surface area contributed by atoms with E-state index in [-0.39, 0.29) is 5.69 Å². The number of nitrogens with one attached hydrogen (secondary N) is 1. The van der Waals surface area contributed by atoms with Crippen molar-refractivity contribution in [2.24, 2.45) is 5.10 Å². The van der Waals surface area contributed by atoms with Crippen LogP contribution in [0.15, 0.2) is 76.3 Å². The number of fused-ring (bicyclic) bond motifs is 1. The Labute approximate surface area is 202 Å². The molecule has 0 saturated heterocycles. The average molecular weight is 524 g/mol. The number of halogens is 1. The highest BCUT2D eigenvalue weighted by molar-refractivity contribution is 9.10. The number of amides is 1. The monoisotopic (exact) mass is 523 g/mol. The van der Waals surface area contributed by atoms with Crippen molar-refractivity contribution >= 4 is 55.2 Å². The van der Waals surface area contributed by atoms with Crippen LogP contribution in [0.4, 0.5) is 5.69 Å². The molecule has 0 aliphatic heterocycles. The number of carbonyl (C=O) groups is 1. The molecule has 0 spiro atoms. The predicted octanol–water partition coefficient (Wildman–Crippen LogP) is 6.22. The smallest absolute Gasteiger partial charge is 0.281 e. The summed E-state index contributed by atoms with van der Waals surface area (Å²) in [5.41, 5.74) is 5.42. The van der Waals surface area contributed by atoms with Crippen molar-refractivity contribution in [2.45, 2.75) is 13.5 Å². The summed E-state index contributed by atoms with van der Waals surface area (Å²) in [6.45, 7) is 2.44. The fraction of sp³-hybridized carbons (Fsp3) is 0.0833. The molecule has 3 aromatic carbocycles. The van der Waals surface area contributed by atoms with Gasteiger partial charge in [-0.15, -0.1) is 11.3 Å². The molecule has 0 atom stereocenters. The van der Waals surface area contributed by atoms with Gasteiger partial charge in [0.2, 0.25) is 0 Å². The summed E-state index contributed by atoms with van der Waals surface area (Å²) in [6.07, 6.45) is 1.52. The number of nitrogens with zero attached hydrogens (tertiary/aromatic N) is 2. The van der Waals surface area contributed by atoms with Crippen molar-refractivity contribution < 1.29 is 14.5 Å². The van der Waals surface area contributed by atoms with Gasteiger partial charge in [0.25, 0.3) is 11.6 Å². The Hall–Kier alpha value is -3.56. The zero-order valence-corrected chi connectivity index (χ0v) is 19.9. The molecule has 0 bridgehead atoms. The first-order chi connectivity index (χ1) is 15.9. The number of carbonyl (C=O) groups excluding carboxylic acids is 1. The molecule has 0 fully saturated rings. The number of rotatable bonds is 7. The van der Waals surface area contributed by atoms with Gasteiger partial charge in [-0.3, -0.25) is 14.9 Å². The summed E-state index contributed by atoms with van der Waals surface area (Å²) in [5, 5.41) is 15.7. The number of hydrogen-bond donors (Lipinski definition) is 1. The number of hydrogen-bond acceptors (Lipinski definition) is 6. The highest BCUT2D eigenvalue weighted by atomic mass is 79.9. The lowest BCUT2D eigenvalue weighted by Gasteiger charge is -2.10. The van der Waals surface area contributed by atoms with E-state index in [4.69, 9.17) is 4.74 Å². The second-order valence-corrected chi connectivity index (χ2v) is 9.24. The van der Waals surface area contributed by atoms with Crippen LogP contribution < -0.4 is 10.2 Å². The standard InChI is InChI=1S/C24H18BrN3O4S/c1-15-2-4-16(5-3-15)14-32-21-8-6-19(25)10-18(21)13-26-27-24(29)23-12-17-11-20(28(30)31)7-9-22(17)33-23/h2-13H,14H2,1H3,(H,27,29)/b26-13-. The van der Waals surface area contributed by atoms with Crippen molar-refractivity contribution in [3.63, 3.8) is 0 Å². The zero-order valence-electron chi connectivity index (χ0n) is 17.4. The minimum Gasteiger partial charge on any atom is -0.488 e. The summed E-state index contributed by atoms with van der Waals surface area (Å²) in [4.78, 5) is 23.4. The van der Waals surface area contributed by atoms with Gasteiger partial charge in [-0.1, -0.05) is 45.8 Å². The molecular weight excluding hydrogens is 506 g/mol. The molecular formula is C24H18BrN3O4S. The Morgan fingerprint density at radius 3 is 2.70 bits per heavy atom. The highest BCUT2D eigenvalue weighted by Crippen LogP contribution is 2.29. The van der Waals surface area contributed by atoms with Gasteiger partial charge in [0.15, 0.2) is 0 Å². The van der Waals surface area contributed by atoms with E-state index in [9.17, 15) is 14.9 Å². The summed E-state index contributed by atoms with van der Waals surface area (Å²) in [5.74, 6) is 0.234. The fourth-order valence-corrected chi connectivity index (χ4v) is 4.38. The van der Waals surface area contributed by atoms with Gasteiger partial charge in [0.05, 0.1) is 16.0 Å². The maximum absolute atomic E-state index is 12.5. The van der Waals surface area contributed by atoms with E-state index in [1.165, 1.54) is 35.2 Å². The molecule has 4 aromatic rings. The molecule has 166 valence electrons. The third-order valence-electron chi connectivity index (χ3n) is 4.79. The molecule has 0 aliphatic carbocycles. The molecule has 0 radical (unpaired) electrons. The van der Waals surface area contributed by atoms with Crippen molar-refractivity contribution in [1.29, 1.82) is 0 Å². The Morgan fingerprint density at radius 2 is 1.94 bits per heavy atom. The number of non-ortho nitro benzene ring substituents is 1. The number of nitro benzene ring substituents is 1. The first-order valence-corrected chi connectivity index (χ1v) is 11.5. The van der Waals surface area contributed by atoms with Crippen LogP contribution in [0.5, 0.6) is 5.75 Å². The molecule has 33 heavy (non-hydrogen) atoms. The first kappa shape index (κ1) is 22.6. The van der Waals surface area contributed by atoms with Gasteiger partial charge in [-0.05, 0) is 42.8 Å². The maximum Gasteiger partial charge on any atom is 0.281 e. The molecule has 4 rings (SSSR count). The lowest BCUT2D eigenvalue weighted by molar-refractivity contribution is -0.384. The van der Waals surface area contributed by atoms with E-state index < -0.39 is 10.8 Å². The van der Waals surface area contributed by atoms with E-state index in [1.54, 1.807) is 12.1 Å². The fourth-order valence-electron chi connectivity index (χ4n) is 3.07. The molecule has 0 saturated carbocycles. The Kier molecular flexibility index (Phi) is 6.81. The van der Waals surface area contributed by atoms with E-state index in [0.29, 0.717) is 28.2 Å². The number of ether oxygens (including phenoxy) is 1. The van der Waals surface area contributed by atoms with Gasteiger partial charge in [-0.25, -0.2) is 5.43 Å². The third kappa shape index (κ3) is 5.63. The SMILES string of the molecule is Cc1ccc(COc2ccc(Br)cc2/C=N\NC(=O)c2cc3cc([N+](=O)[O-])ccc3s2)cc1. The maximum atomic E-state index is 12.5. The molecule has 1 heterocycles. The van der Waals surface area contributed by atoms with Crippen LogP contribution in [0.1, 0.15) is 26.4 Å². The largest absolute Gasteiger partial charge is 0.488 e. The van der Waals surface area contributed by atoms with Crippen molar-refractivity contribution in [1.82, 2.24) is 5.43 Å². The van der Waals surface area contributed by atoms with Gasteiger partial charge >= 0.3 is 0 Å². The van der Waals surface area contributed by atoms with Crippen LogP contribution in [0.25, 0.3) is 10.1 Å². The van der Waals surface area contributed by atoms with Crippen molar-refractivity contribution in [3.05, 3.63) is 103 Å². The molecule has 1 amide bonds. The quantitative estimate of drug-likeness (QED) is 0.176. The van der Waals surface area contributed by atoms with Crippen molar-refractivity contribution in [3.8, 4) is 5.75 Å². The lowest BCUT2D eigenvalue weighted by atomic mass is 10.1. The van der Waals surface area contributed by atoms with Crippen LogP contribution >= 0.6 is 27.3 Å². The molecule has 7 nitrogen and oxygen atoms in total. The minimum atomic E-state index is -0.461. The topological polar surface area (TPSA) is 93.8 Å². The summed E-state index contributed by atoms with van der Waals surface area (Å²) < 4.78 is 7.59. The number of benzene rings is 3. The molecule has 9 heteroatoms. The van der Waals surface area contributed by atoms with Crippen molar-refractivity contribution in [2.75, 3.05) is 0 Å². The highest BCUT2D eigenvalue weighted by Gasteiger charge is 2.13. The van der Waals surface area contributed by atoms with Crippen LogP contribution in [-0.2, 0) is 6.61 Å². The molecule has 1 N–H and O–H groups in total. The average Bonchev–Trinajstić information content (AvgIpc) is 3.23. The number of nitro groups is 1. The van der Waals surface area contributed by atoms with Gasteiger partial charge in [-0.2, -0.15) is 5.10 Å². The number of aryl methyl sites for hydroxylation is 1. The van der Waals surface area contributed by atoms with Gasteiger partial charge in [0.1, 0.15) is 12.4 Å². The van der Waals surface area contributed by atoms with Crippen LogP contribution in [0.3, 0.4) is 0 Å². The predicted molar refractivity (Wildman–Crippen MR) is 133 cm³/mol. The molecule has 0 aliphatic rings. The van der Waals surface area contributed by atoms with Crippen LogP contribution in [0, 0.1) is 17.0 Å². The Morgan fingerprint density at radius 1 is 1.15 bits per heavy atom. The van der Waals surface area contributed by atoms with E-state index in [1.807, 2.05) is 49.4 Å². The number of thiophene rings is 1. The van der Waals surface area contributed by atoms with E-state index >= 15 is 0 Å². The van der Waals surface area contributed by atoms with Gasteiger partial charge < -0.3 is 4.74 Å². The second kappa shape index (κ2) is 9.93. The molecule has 0 unspecified atom stereocenters. The summed E-state index contributed by atoms with van der Waals surface area (Å²) >= 11 is 4.69. The zero-order chi connectivity index (χ0) is 23.4. The van der Waals surface area contributed by atoms with Crippen LogP contribution in [0.2, 0.25) is 0 Å². The molecule has 1 aromatic heterocycles. The first-order valence-electron chi connectivity index (χ1n) is 9.88. The lowest BCUT2D eigenvalue weighted by Crippen LogP contribution is -2.16. The minimum absolute atomic E-state index is 0.0156. The second-order valence-electron chi connectivity index (χ2n) is 7.25. The van der Waals surface area contributed by atoms with Crippen LogP contribution in [-0.4, -0.2) is 17.0 Å². The Balaban J connectivity index is 1.45. The summed E-state index contributed by atoms with van der Waals surface area (Å²) in [6, 6.07) is 19.8. The normalized spacial score (nSPS) is 11.1. The third-order valence-corrected chi connectivity index (χ3v) is 6.40. The van der Waals surface area contributed by atoms with E-state index in [2.05, 4.69) is 26.5 Å². The van der Waals surface area contributed by atoms with E-state index in [0.717, 1.165) is 14.7 Å². The van der Waals surface area contributed by atoms with Gasteiger partial charge in [0, 0.05) is 32.3 Å². The number of hydrazone groups is 1. The summed E-state index contributed by atoms with van der Waals surface area (Å²) in [7, 11) is 0.